The van der Waals surface area contributed by atoms with Crippen LogP contribution in [0.5, 0.6) is 0 Å². The molecule has 1 nitrogen and oxygen atoms in total. The van der Waals surface area contributed by atoms with Gasteiger partial charge in [0.05, 0.1) is 0 Å². The van der Waals surface area contributed by atoms with E-state index in [1.54, 1.807) is 0 Å². The molecule has 0 heterocycles. The summed E-state index contributed by atoms with van der Waals surface area (Å²) in [5.74, 6) is 0.516. The highest BCUT2D eigenvalue weighted by Gasteiger charge is 2.02. The number of hydrogen-bond donors (Lipinski definition) is 1. The second-order valence-corrected chi connectivity index (χ2v) is 2.65. The minimum Gasteiger partial charge on any atom is -0.394 e. The van der Waals surface area contributed by atoms with E-state index in [1.807, 2.05) is 6.92 Å². The van der Waals surface area contributed by atoms with E-state index in [0.29, 0.717) is 5.94 Å². The molecule has 57 valence electrons. The zero-order chi connectivity index (χ0) is 7.98. The Morgan fingerprint density at radius 3 is 2.60 bits per heavy atom. The Morgan fingerprint density at radius 1 is 1.70 bits per heavy atom. The Kier molecular flexibility index (Phi) is 5.18. The van der Waals surface area contributed by atoms with Crippen molar-refractivity contribution in [2.45, 2.75) is 39.5 Å². The van der Waals surface area contributed by atoms with Crippen LogP contribution in [-0.4, -0.2) is 13.2 Å². The predicted molar refractivity (Wildman–Crippen MR) is 48.3 cm³/mol. The SMILES string of the molecule is C=C(C)NC([B]C)CCC. The van der Waals surface area contributed by atoms with Gasteiger partial charge in [-0.05, 0) is 25.0 Å². The first-order valence-corrected chi connectivity index (χ1v) is 3.92. The molecule has 0 saturated heterocycles. The van der Waals surface area contributed by atoms with E-state index in [9.17, 15) is 0 Å². The number of hydrogen-bond acceptors (Lipinski definition) is 1. The molecule has 0 aliphatic carbocycles. The highest BCUT2D eigenvalue weighted by Crippen LogP contribution is 1.96. The van der Waals surface area contributed by atoms with Crippen LogP contribution >= 0.6 is 0 Å². The minimum atomic E-state index is 0.516. The summed E-state index contributed by atoms with van der Waals surface area (Å²) in [4.78, 5) is 0. The largest absolute Gasteiger partial charge is 0.394 e. The van der Waals surface area contributed by atoms with E-state index >= 15 is 0 Å². The molecule has 1 unspecified atom stereocenters. The van der Waals surface area contributed by atoms with E-state index in [2.05, 4.69) is 32.9 Å². The van der Waals surface area contributed by atoms with Crippen molar-refractivity contribution in [1.82, 2.24) is 5.32 Å². The van der Waals surface area contributed by atoms with Gasteiger partial charge < -0.3 is 5.32 Å². The van der Waals surface area contributed by atoms with Crippen LogP contribution in [0.15, 0.2) is 12.3 Å². The highest BCUT2D eigenvalue weighted by molar-refractivity contribution is 6.35. The number of rotatable bonds is 5. The first-order valence-electron chi connectivity index (χ1n) is 3.92. The summed E-state index contributed by atoms with van der Waals surface area (Å²) in [5, 5.41) is 3.28. The smallest absolute Gasteiger partial charge is 0.136 e. The van der Waals surface area contributed by atoms with Crippen LogP contribution < -0.4 is 5.32 Å². The zero-order valence-corrected chi connectivity index (χ0v) is 7.28. The van der Waals surface area contributed by atoms with Crippen LogP contribution in [-0.2, 0) is 0 Å². The van der Waals surface area contributed by atoms with Gasteiger partial charge in [0.25, 0.3) is 0 Å². The average Bonchev–Trinajstić information content (AvgIpc) is 1.86. The first kappa shape index (κ1) is 9.60. The van der Waals surface area contributed by atoms with Gasteiger partial charge in [-0.15, -0.1) is 0 Å². The molecule has 0 aromatic heterocycles. The molecule has 0 fully saturated rings. The summed E-state index contributed by atoms with van der Waals surface area (Å²) in [6, 6.07) is 0. The van der Waals surface area contributed by atoms with Crippen LogP contribution in [0, 0.1) is 0 Å². The van der Waals surface area contributed by atoms with Crippen molar-refractivity contribution in [2.75, 3.05) is 0 Å². The molecule has 0 aliphatic heterocycles. The van der Waals surface area contributed by atoms with Gasteiger partial charge in [-0.2, -0.15) is 0 Å². The fourth-order valence-corrected chi connectivity index (χ4v) is 0.950. The van der Waals surface area contributed by atoms with Crippen molar-refractivity contribution in [3.05, 3.63) is 12.3 Å². The van der Waals surface area contributed by atoms with E-state index < -0.39 is 0 Å². The van der Waals surface area contributed by atoms with E-state index in [-0.39, 0.29) is 0 Å². The molecule has 0 aromatic carbocycles. The Balaban J connectivity index is 3.49. The Labute approximate surface area is 65.1 Å². The quantitative estimate of drug-likeness (QED) is 0.572. The summed E-state index contributed by atoms with van der Waals surface area (Å²) < 4.78 is 0. The van der Waals surface area contributed by atoms with Crippen LogP contribution in [0.25, 0.3) is 0 Å². The molecule has 10 heavy (non-hydrogen) atoms. The third-order valence-corrected chi connectivity index (χ3v) is 1.43. The summed E-state index contributed by atoms with van der Waals surface area (Å²) in [7, 11) is 2.18. The lowest BCUT2D eigenvalue weighted by Crippen LogP contribution is -2.31. The Bertz CT molecular complexity index is 101. The molecule has 0 rings (SSSR count). The summed E-state index contributed by atoms with van der Waals surface area (Å²) in [6.45, 7) is 10.1. The third kappa shape index (κ3) is 4.48. The van der Waals surface area contributed by atoms with Crippen molar-refractivity contribution < 1.29 is 0 Å². The lowest BCUT2D eigenvalue weighted by Gasteiger charge is -2.16. The molecule has 0 amide bonds. The van der Waals surface area contributed by atoms with Crippen LogP contribution in [0.4, 0.5) is 0 Å². The normalized spacial score (nSPS) is 12.3. The maximum atomic E-state index is 3.79. The summed E-state index contributed by atoms with van der Waals surface area (Å²) >= 11 is 0. The fraction of sp³-hybridized carbons (Fsp3) is 0.750. The molecular weight excluding hydrogens is 121 g/mol. The van der Waals surface area contributed by atoms with Crippen LogP contribution in [0.3, 0.4) is 0 Å². The standard InChI is InChI=1S/C8H17BN/c1-5-6-8(9-4)10-7(2)3/h8,10H,2,5-6H2,1,3-4H3. The van der Waals surface area contributed by atoms with E-state index in [1.165, 1.54) is 12.8 Å². The summed E-state index contributed by atoms with van der Waals surface area (Å²) in [6.07, 6.45) is 2.42. The van der Waals surface area contributed by atoms with Gasteiger partial charge in [0.2, 0.25) is 0 Å². The van der Waals surface area contributed by atoms with Gasteiger partial charge in [0.15, 0.2) is 0 Å². The molecule has 1 N–H and O–H groups in total. The summed E-state index contributed by atoms with van der Waals surface area (Å²) in [5.41, 5.74) is 1.05. The topological polar surface area (TPSA) is 12.0 Å². The maximum absolute atomic E-state index is 3.79. The molecule has 0 saturated carbocycles. The Morgan fingerprint density at radius 2 is 2.30 bits per heavy atom. The lowest BCUT2D eigenvalue weighted by molar-refractivity contribution is 0.652. The molecule has 1 radical (unpaired) electrons. The van der Waals surface area contributed by atoms with Crippen molar-refractivity contribution in [2.24, 2.45) is 0 Å². The molecule has 0 aromatic rings. The van der Waals surface area contributed by atoms with Crippen LogP contribution in [0.1, 0.15) is 26.7 Å². The van der Waals surface area contributed by atoms with Crippen molar-refractivity contribution in [3.8, 4) is 0 Å². The molecule has 0 spiro atoms. The monoisotopic (exact) mass is 138 g/mol. The average molecular weight is 138 g/mol. The van der Waals surface area contributed by atoms with Crippen molar-refractivity contribution in [1.29, 1.82) is 0 Å². The maximum Gasteiger partial charge on any atom is 0.136 e. The molecule has 1 atom stereocenters. The van der Waals surface area contributed by atoms with Gasteiger partial charge in [-0.25, -0.2) is 0 Å². The zero-order valence-electron chi connectivity index (χ0n) is 7.28. The number of nitrogens with one attached hydrogen (secondary N) is 1. The van der Waals surface area contributed by atoms with E-state index in [4.69, 9.17) is 0 Å². The predicted octanol–water partition coefficient (Wildman–Crippen LogP) is 1.99. The molecule has 0 bridgehead atoms. The van der Waals surface area contributed by atoms with Crippen LogP contribution in [0.2, 0.25) is 6.82 Å². The Hall–Kier alpha value is -0.395. The molecule has 2 heteroatoms. The van der Waals surface area contributed by atoms with Gasteiger partial charge in [0, 0.05) is 0 Å². The fourth-order valence-electron chi connectivity index (χ4n) is 0.950. The second kappa shape index (κ2) is 5.39. The van der Waals surface area contributed by atoms with Gasteiger partial charge in [-0.1, -0.05) is 26.7 Å². The van der Waals surface area contributed by atoms with Gasteiger partial charge in [0.1, 0.15) is 7.28 Å². The van der Waals surface area contributed by atoms with Crippen molar-refractivity contribution in [3.63, 3.8) is 0 Å². The second-order valence-electron chi connectivity index (χ2n) is 2.65. The lowest BCUT2D eigenvalue weighted by atomic mass is 9.70. The van der Waals surface area contributed by atoms with E-state index in [0.717, 1.165) is 5.70 Å². The number of allylic oxidation sites excluding steroid dienone is 1. The highest BCUT2D eigenvalue weighted by atomic mass is 14.9. The van der Waals surface area contributed by atoms with Gasteiger partial charge >= 0.3 is 0 Å². The minimum absolute atomic E-state index is 0.516. The van der Waals surface area contributed by atoms with Crippen molar-refractivity contribution >= 4 is 7.28 Å². The third-order valence-electron chi connectivity index (χ3n) is 1.43. The molecular formula is C8H17BN. The van der Waals surface area contributed by atoms with Gasteiger partial charge in [-0.3, -0.25) is 0 Å². The molecule has 0 aliphatic rings. The first-order chi connectivity index (χ1) is 4.70.